The van der Waals surface area contributed by atoms with Crippen molar-refractivity contribution >= 4 is 44.7 Å². The van der Waals surface area contributed by atoms with Crippen molar-refractivity contribution in [2.24, 2.45) is 11.7 Å². The van der Waals surface area contributed by atoms with Gasteiger partial charge in [-0.2, -0.15) is 0 Å². The van der Waals surface area contributed by atoms with Crippen LogP contribution in [0.15, 0.2) is 36.4 Å². The van der Waals surface area contributed by atoms with E-state index < -0.39 is 0 Å². The first-order chi connectivity index (χ1) is 12.1. The normalized spacial score (nSPS) is 17.8. The Morgan fingerprint density at radius 2 is 2.00 bits per heavy atom. The number of fused-ring (bicyclic) bond motifs is 1. The molecule has 0 saturated carbocycles. The number of likely N-dealkylation sites (tertiary alicyclic amines) is 1. The minimum absolute atomic E-state index is 0.0247. The summed E-state index contributed by atoms with van der Waals surface area (Å²) in [7, 11) is 0. The van der Waals surface area contributed by atoms with Gasteiger partial charge in [-0.15, -0.1) is 22.7 Å². The number of carbonyl (C=O) groups is 2. The van der Waals surface area contributed by atoms with Gasteiger partial charge in [0.15, 0.2) is 0 Å². The Labute approximate surface area is 153 Å². The maximum atomic E-state index is 12.8. The summed E-state index contributed by atoms with van der Waals surface area (Å²) in [6.07, 6.45) is 1.58. The maximum Gasteiger partial charge on any atom is 0.263 e. The number of benzene rings is 1. The number of hydrogen-bond acceptors (Lipinski definition) is 5. The zero-order valence-electron chi connectivity index (χ0n) is 13.5. The molecule has 1 aliphatic heterocycles. The molecule has 4 rings (SSSR count). The van der Waals surface area contributed by atoms with Crippen molar-refractivity contribution in [3.05, 3.63) is 41.3 Å². The highest BCUT2D eigenvalue weighted by Gasteiger charge is 2.28. The van der Waals surface area contributed by atoms with Crippen LogP contribution in [0, 0.1) is 5.92 Å². The highest BCUT2D eigenvalue weighted by molar-refractivity contribution is 7.26. The third-order valence-electron chi connectivity index (χ3n) is 4.43. The Balaban J connectivity index is 1.56. The molecule has 7 heteroatoms. The number of nitrogens with zero attached hydrogens (tertiary/aromatic N) is 2. The smallest absolute Gasteiger partial charge is 0.263 e. The summed E-state index contributed by atoms with van der Waals surface area (Å²) in [5.41, 5.74) is 6.38. The van der Waals surface area contributed by atoms with Crippen LogP contribution in [0.25, 0.3) is 20.1 Å². The van der Waals surface area contributed by atoms with Crippen molar-refractivity contribution in [2.75, 3.05) is 13.1 Å². The Morgan fingerprint density at radius 3 is 2.80 bits per heavy atom. The number of hydrogen-bond donors (Lipinski definition) is 1. The SMILES string of the molecule is NC(=O)C1CCCN(C(=O)c2ccc(-c3nc4ccccc4s3)s2)C1. The molecule has 2 aromatic heterocycles. The number of amides is 2. The molecule has 0 aliphatic carbocycles. The van der Waals surface area contributed by atoms with E-state index >= 15 is 0 Å². The number of carbonyl (C=O) groups excluding carboxylic acids is 2. The summed E-state index contributed by atoms with van der Waals surface area (Å²) in [6, 6.07) is 11.8. The Bertz CT molecular complexity index is 914. The van der Waals surface area contributed by atoms with Crippen LogP contribution in [0.2, 0.25) is 0 Å². The van der Waals surface area contributed by atoms with Gasteiger partial charge in [0.05, 0.1) is 25.9 Å². The quantitative estimate of drug-likeness (QED) is 0.767. The Kier molecular flexibility index (Phi) is 4.27. The summed E-state index contributed by atoms with van der Waals surface area (Å²) in [6.45, 7) is 1.10. The number of para-hydroxylation sites is 1. The van der Waals surface area contributed by atoms with Gasteiger partial charge >= 0.3 is 0 Å². The molecule has 128 valence electrons. The van der Waals surface area contributed by atoms with E-state index in [1.165, 1.54) is 11.3 Å². The fourth-order valence-corrected chi connectivity index (χ4v) is 5.09. The van der Waals surface area contributed by atoms with E-state index in [9.17, 15) is 9.59 Å². The molecular formula is C18H17N3O2S2. The average Bonchev–Trinajstić information content (AvgIpc) is 3.27. The van der Waals surface area contributed by atoms with Crippen molar-refractivity contribution in [3.8, 4) is 9.88 Å². The van der Waals surface area contributed by atoms with Crippen LogP contribution in [0.5, 0.6) is 0 Å². The highest BCUT2D eigenvalue weighted by Crippen LogP contribution is 2.35. The van der Waals surface area contributed by atoms with Crippen LogP contribution < -0.4 is 5.73 Å². The van der Waals surface area contributed by atoms with E-state index in [4.69, 9.17) is 5.73 Å². The summed E-state index contributed by atoms with van der Waals surface area (Å²) in [5.74, 6) is -0.580. The van der Waals surface area contributed by atoms with Gasteiger partial charge in [-0.05, 0) is 37.1 Å². The average molecular weight is 371 g/mol. The van der Waals surface area contributed by atoms with Crippen molar-refractivity contribution < 1.29 is 9.59 Å². The molecule has 1 aliphatic rings. The number of rotatable bonds is 3. The van der Waals surface area contributed by atoms with Gasteiger partial charge in [-0.25, -0.2) is 4.98 Å². The molecular weight excluding hydrogens is 354 g/mol. The predicted octanol–water partition coefficient (Wildman–Crippen LogP) is 3.36. The minimum atomic E-state index is -0.321. The van der Waals surface area contributed by atoms with Gasteiger partial charge in [-0.1, -0.05) is 12.1 Å². The molecule has 0 radical (unpaired) electrons. The largest absolute Gasteiger partial charge is 0.369 e. The zero-order valence-corrected chi connectivity index (χ0v) is 15.1. The third kappa shape index (κ3) is 3.17. The van der Waals surface area contributed by atoms with Gasteiger partial charge in [0.1, 0.15) is 5.01 Å². The molecule has 3 aromatic rings. The van der Waals surface area contributed by atoms with E-state index in [1.807, 2.05) is 36.4 Å². The summed E-state index contributed by atoms with van der Waals surface area (Å²) in [5, 5.41) is 0.930. The van der Waals surface area contributed by atoms with Crippen LogP contribution in [0.1, 0.15) is 22.5 Å². The van der Waals surface area contributed by atoms with Gasteiger partial charge in [0.2, 0.25) is 5.91 Å². The van der Waals surface area contributed by atoms with E-state index in [2.05, 4.69) is 4.98 Å². The molecule has 1 aromatic carbocycles. The van der Waals surface area contributed by atoms with Crippen LogP contribution in [-0.4, -0.2) is 34.8 Å². The van der Waals surface area contributed by atoms with Gasteiger partial charge in [0.25, 0.3) is 5.91 Å². The Hall–Kier alpha value is -2.25. The molecule has 0 spiro atoms. The number of nitrogens with two attached hydrogens (primary N) is 1. The fraction of sp³-hybridized carbons (Fsp3) is 0.278. The van der Waals surface area contributed by atoms with Crippen LogP contribution in [0.4, 0.5) is 0 Å². The van der Waals surface area contributed by atoms with Gasteiger partial charge in [0, 0.05) is 13.1 Å². The molecule has 1 atom stereocenters. The van der Waals surface area contributed by atoms with Gasteiger partial charge in [-0.3, -0.25) is 9.59 Å². The predicted molar refractivity (Wildman–Crippen MR) is 101 cm³/mol. The summed E-state index contributed by atoms with van der Waals surface area (Å²) < 4.78 is 1.14. The Morgan fingerprint density at radius 1 is 1.16 bits per heavy atom. The second-order valence-corrected chi connectivity index (χ2v) is 8.26. The molecule has 1 unspecified atom stereocenters. The van der Waals surface area contributed by atoms with Crippen LogP contribution >= 0.6 is 22.7 Å². The maximum absolute atomic E-state index is 12.8. The minimum Gasteiger partial charge on any atom is -0.369 e. The molecule has 1 fully saturated rings. The molecule has 5 nitrogen and oxygen atoms in total. The number of thiophene rings is 1. The monoisotopic (exact) mass is 371 g/mol. The van der Waals surface area contributed by atoms with E-state index in [-0.39, 0.29) is 17.7 Å². The van der Waals surface area contributed by atoms with Gasteiger partial charge < -0.3 is 10.6 Å². The molecule has 2 amide bonds. The number of piperidine rings is 1. The van der Waals surface area contributed by atoms with Crippen LogP contribution in [-0.2, 0) is 4.79 Å². The molecule has 1 saturated heterocycles. The van der Waals surface area contributed by atoms with Crippen molar-refractivity contribution in [2.45, 2.75) is 12.8 Å². The first kappa shape index (κ1) is 16.2. The zero-order chi connectivity index (χ0) is 17.4. The topological polar surface area (TPSA) is 76.3 Å². The molecule has 2 N–H and O–H groups in total. The van der Waals surface area contributed by atoms with Crippen molar-refractivity contribution in [1.82, 2.24) is 9.88 Å². The second-order valence-electron chi connectivity index (χ2n) is 6.14. The lowest BCUT2D eigenvalue weighted by Gasteiger charge is -2.30. The third-order valence-corrected chi connectivity index (χ3v) is 6.71. The van der Waals surface area contributed by atoms with Crippen molar-refractivity contribution in [1.29, 1.82) is 0 Å². The number of thiazole rings is 1. The molecule has 0 bridgehead atoms. The van der Waals surface area contributed by atoms with E-state index in [0.717, 1.165) is 32.9 Å². The van der Waals surface area contributed by atoms with Crippen LogP contribution in [0.3, 0.4) is 0 Å². The standard InChI is InChI=1S/C18H17N3O2S2/c19-16(22)11-4-3-9-21(10-11)18(23)15-8-7-14(24-15)17-20-12-5-1-2-6-13(12)25-17/h1-2,5-8,11H,3-4,9-10H2,(H2,19,22). The molecule has 25 heavy (non-hydrogen) atoms. The summed E-state index contributed by atoms with van der Waals surface area (Å²) >= 11 is 3.08. The lowest BCUT2D eigenvalue weighted by Crippen LogP contribution is -2.43. The van der Waals surface area contributed by atoms with Crippen molar-refractivity contribution in [3.63, 3.8) is 0 Å². The first-order valence-electron chi connectivity index (χ1n) is 8.16. The lowest BCUT2D eigenvalue weighted by molar-refractivity contribution is -0.123. The van der Waals surface area contributed by atoms with E-state index in [1.54, 1.807) is 16.2 Å². The number of primary amides is 1. The lowest BCUT2D eigenvalue weighted by atomic mass is 9.97. The second kappa shape index (κ2) is 6.57. The highest BCUT2D eigenvalue weighted by atomic mass is 32.1. The first-order valence-corrected chi connectivity index (χ1v) is 9.79. The number of aromatic nitrogens is 1. The fourth-order valence-electron chi connectivity index (χ4n) is 3.10. The summed E-state index contributed by atoms with van der Waals surface area (Å²) in [4.78, 5) is 32.2. The molecule has 3 heterocycles. The van der Waals surface area contributed by atoms with E-state index in [0.29, 0.717) is 18.0 Å².